The Labute approximate surface area is 78.3 Å². The molecule has 0 spiro atoms. The number of nitrogens with zero attached hydrogens (tertiary/aromatic N) is 2. The van der Waals surface area contributed by atoms with E-state index in [1.54, 1.807) is 0 Å². The van der Waals surface area contributed by atoms with Crippen LogP contribution < -0.4 is 5.32 Å². The second-order valence-corrected chi connectivity index (χ2v) is 3.36. The van der Waals surface area contributed by atoms with E-state index in [1.807, 2.05) is 19.3 Å². The number of hydrogen-bond donors (Lipinski definition) is 1. The zero-order valence-corrected chi connectivity index (χ0v) is 7.86. The summed E-state index contributed by atoms with van der Waals surface area (Å²) in [5.74, 6) is 0. The Balaban J connectivity index is 1.91. The number of hydrogen-bond acceptors (Lipinski definition) is 4. The largest absolute Gasteiger partial charge is 0.379 e. The van der Waals surface area contributed by atoms with E-state index in [-0.39, 0.29) is 6.29 Å². The van der Waals surface area contributed by atoms with Crippen molar-refractivity contribution in [2.24, 2.45) is 4.99 Å². The molecule has 13 heavy (non-hydrogen) atoms. The first-order valence-corrected chi connectivity index (χ1v) is 4.64. The van der Waals surface area contributed by atoms with Crippen molar-refractivity contribution < 1.29 is 4.74 Å². The molecule has 72 valence electrons. The molecule has 0 bridgehead atoms. The third kappa shape index (κ3) is 2.08. The van der Waals surface area contributed by atoms with E-state index in [4.69, 9.17) is 4.74 Å². The van der Waals surface area contributed by atoms with Crippen molar-refractivity contribution in [2.75, 3.05) is 26.3 Å². The summed E-state index contributed by atoms with van der Waals surface area (Å²) in [7, 11) is 0. The van der Waals surface area contributed by atoms with Crippen LogP contribution in [0.25, 0.3) is 0 Å². The molecule has 0 amide bonds. The van der Waals surface area contributed by atoms with E-state index in [0.717, 1.165) is 26.3 Å². The number of nitrogens with one attached hydrogen (secondary N) is 1. The quantitative estimate of drug-likeness (QED) is 0.627. The van der Waals surface area contributed by atoms with E-state index in [0.29, 0.717) is 0 Å². The lowest BCUT2D eigenvalue weighted by molar-refractivity contribution is 0.0138. The number of morpholine rings is 1. The second-order valence-electron chi connectivity index (χ2n) is 3.36. The lowest BCUT2D eigenvalue weighted by atomic mass is 10.3. The average Bonchev–Trinajstić information content (AvgIpc) is 2.20. The van der Waals surface area contributed by atoms with Crippen LogP contribution in [0.4, 0.5) is 0 Å². The van der Waals surface area contributed by atoms with Crippen LogP contribution in [0, 0.1) is 0 Å². The molecule has 0 aromatic rings. The molecule has 1 saturated heterocycles. The zero-order valence-electron chi connectivity index (χ0n) is 7.86. The topological polar surface area (TPSA) is 36.9 Å². The van der Waals surface area contributed by atoms with Crippen LogP contribution in [-0.2, 0) is 4.74 Å². The summed E-state index contributed by atoms with van der Waals surface area (Å²) in [6.45, 7) is 5.59. The summed E-state index contributed by atoms with van der Waals surface area (Å²) in [5, 5.41) is 3.25. The van der Waals surface area contributed by atoms with Gasteiger partial charge in [-0.2, -0.15) is 0 Å². The molecule has 1 fully saturated rings. The molecule has 1 atom stereocenters. The minimum Gasteiger partial charge on any atom is -0.379 e. The Hall–Kier alpha value is -0.870. The van der Waals surface area contributed by atoms with Crippen LogP contribution in [0.3, 0.4) is 0 Å². The Morgan fingerprint density at radius 1 is 1.54 bits per heavy atom. The molecule has 2 heterocycles. The first-order chi connectivity index (χ1) is 6.36. The molecule has 0 radical (unpaired) electrons. The fraction of sp³-hybridized carbons (Fsp3) is 0.667. The van der Waals surface area contributed by atoms with Crippen LogP contribution in [-0.4, -0.2) is 43.7 Å². The van der Waals surface area contributed by atoms with Gasteiger partial charge >= 0.3 is 0 Å². The van der Waals surface area contributed by atoms with Crippen LogP contribution >= 0.6 is 0 Å². The highest BCUT2D eigenvalue weighted by Crippen LogP contribution is 2.06. The predicted molar refractivity (Wildman–Crippen MR) is 51.6 cm³/mol. The fourth-order valence-electron chi connectivity index (χ4n) is 1.50. The Kier molecular flexibility index (Phi) is 2.61. The van der Waals surface area contributed by atoms with Crippen molar-refractivity contribution in [1.82, 2.24) is 10.2 Å². The maximum Gasteiger partial charge on any atom is 0.175 e. The van der Waals surface area contributed by atoms with Gasteiger partial charge in [-0.05, 0) is 12.5 Å². The van der Waals surface area contributed by atoms with Gasteiger partial charge in [0.2, 0.25) is 0 Å². The summed E-state index contributed by atoms with van der Waals surface area (Å²) in [4.78, 5) is 6.68. The van der Waals surface area contributed by atoms with E-state index >= 15 is 0 Å². The van der Waals surface area contributed by atoms with Gasteiger partial charge in [0.25, 0.3) is 0 Å². The summed E-state index contributed by atoms with van der Waals surface area (Å²) >= 11 is 0. The molecule has 0 aliphatic carbocycles. The van der Waals surface area contributed by atoms with Gasteiger partial charge in [-0.1, -0.05) is 0 Å². The maximum absolute atomic E-state index is 5.27. The molecule has 0 aromatic carbocycles. The lowest BCUT2D eigenvalue weighted by Gasteiger charge is -2.33. The summed E-state index contributed by atoms with van der Waals surface area (Å²) < 4.78 is 5.27. The Morgan fingerprint density at radius 3 is 2.92 bits per heavy atom. The zero-order chi connectivity index (χ0) is 9.10. The Bertz CT molecular complexity index is 231. The highest BCUT2D eigenvalue weighted by molar-refractivity contribution is 5.78. The third-order valence-electron chi connectivity index (χ3n) is 2.27. The Morgan fingerprint density at radius 2 is 2.31 bits per heavy atom. The van der Waals surface area contributed by atoms with Crippen molar-refractivity contribution >= 4 is 6.21 Å². The van der Waals surface area contributed by atoms with Crippen LogP contribution in [0.2, 0.25) is 0 Å². The number of aliphatic imine (C=N–C) groups is 1. The van der Waals surface area contributed by atoms with Crippen LogP contribution in [0.1, 0.15) is 6.92 Å². The van der Waals surface area contributed by atoms with Gasteiger partial charge in [-0.3, -0.25) is 9.89 Å². The monoisotopic (exact) mass is 181 g/mol. The van der Waals surface area contributed by atoms with Crippen LogP contribution in [0.15, 0.2) is 16.8 Å². The SMILES string of the molecule is CC1=CNC(N2CCOCC2)N=C1. The van der Waals surface area contributed by atoms with E-state index in [1.165, 1.54) is 5.57 Å². The van der Waals surface area contributed by atoms with Gasteiger partial charge in [0.1, 0.15) is 0 Å². The minimum atomic E-state index is 0.118. The van der Waals surface area contributed by atoms with E-state index in [2.05, 4.69) is 15.2 Å². The van der Waals surface area contributed by atoms with Gasteiger partial charge in [0.15, 0.2) is 6.29 Å². The second kappa shape index (κ2) is 3.89. The van der Waals surface area contributed by atoms with Crippen molar-refractivity contribution in [3.8, 4) is 0 Å². The normalized spacial score (nSPS) is 29.6. The predicted octanol–water partition coefficient (Wildman–Crippen LogP) is 0.180. The van der Waals surface area contributed by atoms with Crippen LogP contribution in [0.5, 0.6) is 0 Å². The molecule has 4 heteroatoms. The lowest BCUT2D eigenvalue weighted by Crippen LogP contribution is -2.49. The number of allylic oxidation sites excluding steroid dienone is 1. The van der Waals surface area contributed by atoms with E-state index in [9.17, 15) is 0 Å². The third-order valence-corrected chi connectivity index (χ3v) is 2.27. The highest BCUT2D eigenvalue weighted by Gasteiger charge is 2.19. The number of rotatable bonds is 1. The first-order valence-electron chi connectivity index (χ1n) is 4.64. The van der Waals surface area contributed by atoms with Crippen molar-refractivity contribution in [1.29, 1.82) is 0 Å². The molecule has 1 N–H and O–H groups in total. The van der Waals surface area contributed by atoms with Gasteiger partial charge < -0.3 is 10.1 Å². The van der Waals surface area contributed by atoms with E-state index < -0.39 is 0 Å². The summed E-state index contributed by atoms with van der Waals surface area (Å²) in [5.41, 5.74) is 1.17. The summed E-state index contributed by atoms with van der Waals surface area (Å²) in [6.07, 6.45) is 4.04. The highest BCUT2D eigenvalue weighted by atomic mass is 16.5. The van der Waals surface area contributed by atoms with Gasteiger partial charge in [0, 0.05) is 25.5 Å². The minimum absolute atomic E-state index is 0.118. The van der Waals surface area contributed by atoms with Gasteiger partial charge in [0.05, 0.1) is 13.2 Å². The van der Waals surface area contributed by atoms with Crippen molar-refractivity contribution in [3.63, 3.8) is 0 Å². The smallest absolute Gasteiger partial charge is 0.175 e. The molecule has 1 unspecified atom stereocenters. The number of ether oxygens (including phenoxy) is 1. The molecule has 0 aromatic heterocycles. The van der Waals surface area contributed by atoms with Gasteiger partial charge in [-0.25, -0.2) is 0 Å². The molecule has 4 nitrogen and oxygen atoms in total. The standard InChI is InChI=1S/C9H15N3O/c1-8-6-10-9(11-7-8)12-2-4-13-5-3-12/h6-7,9-10H,2-5H2,1H3. The molecule has 0 saturated carbocycles. The molecular weight excluding hydrogens is 166 g/mol. The summed E-state index contributed by atoms with van der Waals surface area (Å²) in [6, 6.07) is 0. The molecule has 2 rings (SSSR count). The van der Waals surface area contributed by atoms with Crippen molar-refractivity contribution in [3.05, 3.63) is 11.8 Å². The van der Waals surface area contributed by atoms with Gasteiger partial charge in [-0.15, -0.1) is 0 Å². The molecular formula is C9H15N3O. The first kappa shape index (κ1) is 8.72. The fourth-order valence-corrected chi connectivity index (χ4v) is 1.50. The molecule has 2 aliphatic heterocycles. The maximum atomic E-state index is 5.27. The average molecular weight is 181 g/mol. The van der Waals surface area contributed by atoms with Crippen molar-refractivity contribution in [2.45, 2.75) is 13.2 Å². The molecule has 2 aliphatic rings.